The third kappa shape index (κ3) is 4.55. The molecule has 0 spiro atoms. The highest BCUT2D eigenvalue weighted by Gasteiger charge is 2.09. The number of hydrogen-bond acceptors (Lipinski definition) is 0. The van der Waals surface area contributed by atoms with Crippen molar-refractivity contribution in [2.75, 3.05) is 0 Å². The Hall–Kier alpha value is -1.56. The molecule has 0 N–H and O–H groups in total. The van der Waals surface area contributed by atoms with E-state index in [4.69, 9.17) is 0 Å². The van der Waals surface area contributed by atoms with Crippen molar-refractivity contribution in [2.45, 2.75) is 32.1 Å². The predicted molar refractivity (Wildman–Crippen MR) is 83.1 cm³/mol. The molecule has 0 fully saturated rings. The van der Waals surface area contributed by atoms with E-state index in [1.54, 1.807) is 0 Å². The second kappa shape index (κ2) is 7.13. The molecule has 2 rings (SSSR count). The molecule has 0 aromatic heterocycles. The maximum absolute atomic E-state index is 4.29. The molecule has 99 valence electrons. The van der Waals surface area contributed by atoms with Crippen molar-refractivity contribution < 1.29 is 0 Å². The summed E-state index contributed by atoms with van der Waals surface area (Å²) in [7, 11) is 0. The third-order valence-electron chi connectivity index (χ3n) is 3.71. The van der Waals surface area contributed by atoms with Crippen LogP contribution < -0.4 is 0 Å². The van der Waals surface area contributed by atoms with Gasteiger partial charge in [0.15, 0.2) is 0 Å². The highest BCUT2D eigenvalue weighted by Crippen LogP contribution is 2.23. The summed E-state index contributed by atoms with van der Waals surface area (Å²) < 4.78 is 0. The van der Waals surface area contributed by atoms with Gasteiger partial charge < -0.3 is 0 Å². The summed E-state index contributed by atoms with van der Waals surface area (Å²) in [6.07, 6.45) is 3.57. The SMILES string of the molecule is [CH2]C(CCC(C)Cc1ccccc1)c1ccccc1. The Morgan fingerprint density at radius 3 is 2.05 bits per heavy atom. The molecule has 2 unspecified atom stereocenters. The second-order valence-corrected chi connectivity index (χ2v) is 5.48. The quantitative estimate of drug-likeness (QED) is 0.656. The lowest BCUT2D eigenvalue weighted by Gasteiger charge is -2.16. The third-order valence-corrected chi connectivity index (χ3v) is 3.71. The minimum absolute atomic E-state index is 0.416. The molecule has 2 atom stereocenters. The summed E-state index contributed by atoms with van der Waals surface area (Å²) in [6.45, 7) is 6.63. The molecule has 0 amide bonds. The van der Waals surface area contributed by atoms with Gasteiger partial charge in [-0.15, -0.1) is 0 Å². The Morgan fingerprint density at radius 2 is 1.42 bits per heavy atom. The highest BCUT2D eigenvalue weighted by atomic mass is 14.1. The smallest absolute Gasteiger partial charge is 0.0162 e. The molecule has 2 aromatic carbocycles. The van der Waals surface area contributed by atoms with E-state index in [0.717, 1.165) is 12.3 Å². The summed E-state index contributed by atoms with van der Waals surface area (Å²) in [5.41, 5.74) is 2.80. The van der Waals surface area contributed by atoms with Crippen LogP contribution in [0.3, 0.4) is 0 Å². The van der Waals surface area contributed by atoms with E-state index in [1.165, 1.54) is 24.0 Å². The zero-order chi connectivity index (χ0) is 13.5. The van der Waals surface area contributed by atoms with E-state index < -0.39 is 0 Å². The van der Waals surface area contributed by atoms with Crippen molar-refractivity contribution in [1.29, 1.82) is 0 Å². The predicted octanol–water partition coefficient (Wildman–Crippen LogP) is 5.26. The van der Waals surface area contributed by atoms with Crippen LogP contribution in [0.15, 0.2) is 60.7 Å². The fourth-order valence-corrected chi connectivity index (χ4v) is 2.50. The molecule has 0 nitrogen and oxygen atoms in total. The van der Waals surface area contributed by atoms with Crippen molar-refractivity contribution in [1.82, 2.24) is 0 Å². The summed E-state index contributed by atoms with van der Waals surface area (Å²) in [5, 5.41) is 0. The molecule has 0 aliphatic heterocycles. The standard InChI is InChI=1S/C19H23/c1-16(15-18-9-5-3-6-10-18)13-14-17(2)19-11-7-4-8-12-19/h3-12,16-17H,2,13-15H2,1H3. The van der Waals surface area contributed by atoms with E-state index in [-0.39, 0.29) is 0 Å². The minimum atomic E-state index is 0.416. The van der Waals surface area contributed by atoms with Crippen molar-refractivity contribution in [3.63, 3.8) is 0 Å². The van der Waals surface area contributed by atoms with Gasteiger partial charge in [-0.2, -0.15) is 0 Å². The lowest BCUT2D eigenvalue weighted by Crippen LogP contribution is -2.03. The maximum Gasteiger partial charge on any atom is -0.0162 e. The fourth-order valence-electron chi connectivity index (χ4n) is 2.50. The molecule has 0 heterocycles. The van der Waals surface area contributed by atoms with Gasteiger partial charge in [0.25, 0.3) is 0 Å². The second-order valence-electron chi connectivity index (χ2n) is 5.48. The Kier molecular flexibility index (Phi) is 5.20. The number of benzene rings is 2. The van der Waals surface area contributed by atoms with Gasteiger partial charge in [-0.1, -0.05) is 67.6 Å². The molecular weight excluding hydrogens is 228 g/mol. The van der Waals surface area contributed by atoms with Gasteiger partial charge in [-0.25, -0.2) is 0 Å². The van der Waals surface area contributed by atoms with Crippen LogP contribution in [0.2, 0.25) is 0 Å². The zero-order valence-corrected chi connectivity index (χ0v) is 11.8. The first kappa shape index (κ1) is 13.9. The molecule has 2 aromatic rings. The van der Waals surface area contributed by atoms with Gasteiger partial charge >= 0.3 is 0 Å². The van der Waals surface area contributed by atoms with Crippen molar-refractivity contribution in [2.24, 2.45) is 5.92 Å². The molecule has 0 aliphatic carbocycles. The normalized spacial score (nSPS) is 14.0. The largest absolute Gasteiger partial charge is 0.0622 e. The van der Waals surface area contributed by atoms with Gasteiger partial charge in [-0.3, -0.25) is 0 Å². The van der Waals surface area contributed by atoms with Gasteiger partial charge in [0.05, 0.1) is 0 Å². The zero-order valence-electron chi connectivity index (χ0n) is 11.8. The van der Waals surface area contributed by atoms with Crippen LogP contribution in [-0.4, -0.2) is 0 Å². The molecular formula is C19H23. The first-order valence-electron chi connectivity index (χ1n) is 7.17. The van der Waals surface area contributed by atoms with E-state index in [9.17, 15) is 0 Å². The van der Waals surface area contributed by atoms with E-state index >= 15 is 0 Å². The first-order valence-corrected chi connectivity index (χ1v) is 7.17. The summed E-state index contributed by atoms with van der Waals surface area (Å²) >= 11 is 0. The Balaban J connectivity index is 1.79. The lowest BCUT2D eigenvalue weighted by atomic mass is 9.90. The van der Waals surface area contributed by atoms with Gasteiger partial charge in [-0.05, 0) is 49.1 Å². The molecule has 0 aliphatic rings. The minimum Gasteiger partial charge on any atom is -0.0622 e. The Bertz CT molecular complexity index is 458. The molecule has 0 heteroatoms. The monoisotopic (exact) mass is 251 g/mol. The molecule has 19 heavy (non-hydrogen) atoms. The molecule has 0 bridgehead atoms. The van der Waals surface area contributed by atoms with Crippen molar-refractivity contribution >= 4 is 0 Å². The molecule has 1 radical (unpaired) electrons. The van der Waals surface area contributed by atoms with Gasteiger partial charge in [0.2, 0.25) is 0 Å². The van der Waals surface area contributed by atoms with Crippen LogP contribution >= 0.6 is 0 Å². The van der Waals surface area contributed by atoms with E-state index in [0.29, 0.717) is 5.92 Å². The summed E-state index contributed by atoms with van der Waals surface area (Å²) in [4.78, 5) is 0. The van der Waals surface area contributed by atoms with Crippen LogP contribution in [0.1, 0.15) is 36.8 Å². The van der Waals surface area contributed by atoms with Gasteiger partial charge in [0, 0.05) is 0 Å². The Labute approximate surface area is 117 Å². The maximum atomic E-state index is 4.29. The van der Waals surface area contributed by atoms with Crippen LogP contribution in [0, 0.1) is 12.8 Å². The molecule has 0 saturated carbocycles. The number of rotatable bonds is 6. The van der Waals surface area contributed by atoms with Crippen LogP contribution in [0.4, 0.5) is 0 Å². The average molecular weight is 251 g/mol. The van der Waals surface area contributed by atoms with E-state index in [2.05, 4.69) is 74.5 Å². The van der Waals surface area contributed by atoms with Crippen molar-refractivity contribution in [3.8, 4) is 0 Å². The van der Waals surface area contributed by atoms with E-state index in [1.807, 2.05) is 0 Å². The van der Waals surface area contributed by atoms with Crippen LogP contribution in [0.5, 0.6) is 0 Å². The van der Waals surface area contributed by atoms with Crippen LogP contribution in [0.25, 0.3) is 0 Å². The van der Waals surface area contributed by atoms with Gasteiger partial charge in [0.1, 0.15) is 0 Å². The average Bonchev–Trinajstić information content (AvgIpc) is 2.47. The highest BCUT2D eigenvalue weighted by molar-refractivity contribution is 5.20. The molecule has 0 saturated heterocycles. The van der Waals surface area contributed by atoms with Crippen molar-refractivity contribution in [3.05, 3.63) is 78.7 Å². The number of hydrogen-bond donors (Lipinski definition) is 0. The summed E-state index contributed by atoms with van der Waals surface area (Å²) in [6, 6.07) is 21.4. The van der Waals surface area contributed by atoms with Crippen LogP contribution in [-0.2, 0) is 6.42 Å². The first-order chi connectivity index (χ1) is 9.25. The topological polar surface area (TPSA) is 0 Å². The Morgan fingerprint density at radius 1 is 0.842 bits per heavy atom. The lowest BCUT2D eigenvalue weighted by molar-refractivity contribution is 0.491. The summed E-state index contributed by atoms with van der Waals surface area (Å²) in [5.74, 6) is 1.13. The fraction of sp³-hybridized carbons (Fsp3) is 0.316.